The van der Waals surface area contributed by atoms with E-state index in [1.165, 1.54) is 43.5 Å². The van der Waals surface area contributed by atoms with Crippen molar-refractivity contribution in [3.05, 3.63) is 47.2 Å². The highest BCUT2D eigenvalue weighted by molar-refractivity contribution is 5.54. The van der Waals surface area contributed by atoms with Crippen LogP contribution in [0.5, 0.6) is 0 Å². The number of nitrogens with zero attached hydrogens (tertiary/aromatic N) is 4. The summed E-state index contributed by atoms with van der Waals surface area (Å²) >= 11 is 0. The number of nitrogen functional groups attached to an aromatic ring is 1. The lowest BCUT2D eigenvalue weighted by Gasteiger charge is -2.30. The minimum Gasteiger partial charge on any atom is -0.368 e. The molecule has 1 fully saturated rings. The Hall–Kier alpha value is -2.14. The van der Waals surface area contributed by atoms with Gasteiger partial charge in [0.25, 0.3) is 0 Å². The molecule has 0 spiro atoms. The number of nitrogens with two attached hydrogens (primary N) is 1. The molecule has 0 bridgehead atoms. The van der Waals surface area contributed by atoms with Gasteiger partial charge in [-0.25, -0.2) is 4.98 Å². The number of rotatable bonds is 5. The lowest BCUT2D eigenvalue weighted by Crippen LogP contribution is -2.33. The number of aromatic nitrogens is 2. The van der Waals surface area contributed by atoms with E-state index >= 15 is 0 Å². The summed E-state index contributed by atoms with van der Waals surface area (Å²) in [6, 6.07) is 10.7. The molecule has 1 atom stereocenters. The van der Waals surface area contributed by atoms with Crippen LogP contribution in [0.4, 0.5) is 11.8 Å². The molecule has 1 aromatic carbocycles. The molecule has 1 aliphatic heterocycles. The maximum Gasteiger partial charge on any atom is 0.222 e. The van der Waals surface area contributed by atoms with Crippen LogP contribution < -0.4 is 10.6 Å². The van der Waals surface area contributed by atoms with Gasteiger partial charge in [-0.2, -0.15) is 4.98 Å². The second-order valence-corrected chi connectivity index (χ2v) is 7.60. The van der Waals surface area contributed by atoms with E-state index in [2.05, 4.69) is 57.1 Å². The van der Waals surface area contributed by atoms with Crippen molar-refractivity contribution in [1.82, 2.24) is 14.9 Å². The van der Waals surface area contributed by atoms with Crippen molar-refractivity contribution in [3.63, 3.8) is 0 Å². The summed E-state index contributed by atoms with van der Waals surface area (Å²) in [6.07, 6.45) is 6.01. The zero-order valence-corrected chi connectivity index (χ0v) is 15.7. The Balaban J connectivity index is 1.61. The molecule has 5 nitrogen and oxygen atoms in total. The first-order valence-corrected chi connectivity index (χ1v) is 9.87. The molecule has 2 aliphatic rings. The van der Waals surface area contributed by atoms with Crippen LogP contribution in [-0.4, -0.2) is 48.1 Å². The standard InChI is InChI=1S/C21H29N5/c1-25(14-15-26-12-5-6-13-26)20-18-11-7-10-17(16-8-3-2-4-9-16)19(18)23-21(22)24-20/h2-4,8-9,17H,5-7,10-15H2,1H3,(H2,22,23,24). The molecular weight excluding hydrogens is 322 g/mol. The summed E-state index contributed by atoms with van der Waals surface area (Å²) in [5.41, 5.74) is 9.88. The molecule has 0 saturated carbocycles. The maximum atomic E-state index is 6.12. The number of hydrogen-bond acceptors (Lipinski definition) is 5. The Morgan fingerprint density at radius 2 is 1.88 bits per heavy atom. The summed E-state index contributed by atoms with van der Waals surface area (Å²) in [5, 5.41) is 0. The second kappa shape index (κ2) is 7.62. The molecule has 2 N–H and O–H groups in total. The Labute approximate surface area is 156 Å². The topological polar surface area (TPSA) is 58.3 Å². The monoisotopic (exact) mass is 351 g/mol. The average Bonchev–Trinajstić information content (AvgIpc) is 3.19. The zero-order chi connectivity index (χ0) is 17.9. The lowest BCUT2D eigenvalue weighted by atomic mass is 9.82. The van der Waals surface area contributed by atoms with E-state index in [0.717, 1.165) is 37.4 Å². The molecule has 4 rings (SSSR count). The van der Waals surface area contributed by atoms with E-state index in [0.29, 0.717) is 11.9 Å². The van der Waals surface area contributed by atoms with Crippen molar-refractivity contribution < 1.29 is 0 Å². The highest BCUT2D eigenvalue weighted by atomic mass is 15.2. The van der Waals surface area contributed by atoms with Gasteiger partial charge in [-0.05, 0) is 50.8 Å². The van der Waals surface area contributed by atoms with Crippen LogP contribution in [0.2, 0.25) is 0 Å². The molecule has 26 heavy (non-hydrogen) atoms. The van der Waals surface area contributed by atoms with Gasteiger partial charge in [-0.15, -0.1) is 0 Å². The summed E-state index contributed by atoms with van der Waals surface area (Å²) in [5.74, 6) is 1.76. The van der Waals surface area contributed by atoms with Gasteiger partial charge >= 0.3 is 0 Å². The summed E-state index contributed by atoms with van der Waals surface area (Å²) in [4.78, 5) is 14.1. The fourth-order valence-electron chi connectivity index (χ4n) is 4.38. The molecule has 2 heterocycles. The van der Waals surface area contributed by atoms with Crippen molar-refractivity contribution in [2.24, 2.45) is 0 Å². The van der Waals surface area contributed by atoms with Crippen LogP contribution in [0.15, 0.2) is 30.3 Å². The molecule has 0 amide bonds. The number of anilines is 2. The SMILES string of the molecule is CN(CCN1CCCC1)c1nc(N)nc2c1CCCC2c1ccccc1. The molecule has 1 aliphatic carbocycles. The number of hydrogen-bond donors (Lipinski definition) is 1. The van der Waals surface area contributed by atoms with Crippen molar-refractivity contribution >= 4 is 11.8 Å². The van der Waals surface area contributed by atoms with E-state index in [9.17, 15) is 0 Å². The summed E-state index contributed by atoms with van der Waals surface area (Å²) in [6.45, 7) is 4.54. The number of benzene rings is 1. The first-order chi connectivity index (χ1) is 12.7. The first-order valence-electron chi connectivity index (χ1n) is 9.87. The molecule has 5 heteroatoms. The maximum absolute atomic E-state index is 6.12. The Bertz CT molecular complexity index is 740. The minimum absolute atomic E-state index is 0.330. The summed E-state index contributed by atoms with van der Waals surface area (Å²) in [7, 11) is 2.14. The van der Waals surface area contributed by atoms with Gasteiger partial charge in [0.2, 0.25) is 5.95 Å². The third-order valence-corrected chi connectivity index (χ3v) is 5.80. The predicted octanol–water partition coefficient (Wildman–Crippen LogP) is 3.06. The van der Waals surface area contributed by atoms with Crippen LogP contribution in [-0.2, 0) is 6.42 Å². The van der Waals surface area contributed by atoms with Crippen molar-refractivity contribution in [1.29, 1.82) is 0 Å². The quantitative estimate of drug-likeness (QED) is 0.897. The van der Waals surface area contributed by atoms with Crippen LogP contribution in [0.1, 0.15) is 48.4 Å². The van der Waals surface area contributed by atoms with Crippen molar-refractivity contribution in [2.75, 3.05) is 43.9 Å². The highest BCUT2D eigenvalue weighted by Gasteiger charge is 2.28. The summed E-state index contributed by atoms with van der Waals surface area (Å²) < 4.78 is 0. The fraction of sp³-hybridized carbons (Fsp3) is 0.524. The van der Waals surface area contributed by atoms with Gasteiger partial charge in [-0.1, -0.05) is 30.3 Å². The molecule has 1 saturated heterocycles. The number of likely N-dealkylation sites (N-methyl/N-ethyl adjacent to an activating group) is 1. The van der Waals surface area contributed by atoms with Gasteiger partial charge in [0.15, 0.2) is 0 Å². The average molecular weight is 351 g/mol. The third kappa shape index (κ3) is 3.54. The minimum atomic E-state index is 0.330. The van der Waals surface area contributed by atoms with Crippen molar-refractivity contribution in [3.8, 4) is 0 Å². The number of fused-ring (bicyclic) bond motifs is 1. The van der Waals surface area contributed by atoms with Gasteiger partial charge in [0, 0.05) is 31.6 Å². The van der Waals surface area contributed by atoms with Crippen LogP contribution in [0.3, 0.4) is 0 Å². The van der Waals surface area contributed by atoms with E-state index in [-0.39, 0.29) is 0 Å². The third-order valence-electron chi connectivity index (χ3n) is 5.80. The van der Waals surface area contributed by atoms with Crippen molar-refractivity contribution in [2.45, 2.75) is 38.0 Å². The highest BCUT2D eigenvalue weighted by Crippen LogP contribution is 2.38. The van der Waals surface area contributed by atoms with E-state index in [1.54, 1.807) is 0 Å². The Morgan fingerprint density at radius 3 is 2.65 bits per heavy atom. The molecule has 1 aromatic heterocycles. The lowest BCUT2D eigenvalue weighted by molar-refractivity contribution is 0.346. The van der Waals surface area contributed by atoms with Gasteiger partial charge in [-0.3, -0.25) is 0 Å². The van der Waals surface area contributed by atoms with E-state index < -0.39 is 0 Å². The van der Waals surface area contributed by atoms with Crippen LogP contribution in [0.25, 0.3) is 0 Å². The van der Waals surface area contributed by atoms with Gasteiger partial charge in [0.1, 0.15) is 5.82 Å². The smallest absolute Gasteiger partial charge is 0.222 e. The van der Waals surface area contributed by atoms with Crippen LogP contribution >= 0.6 is 0 Å². The molecule has 0 radical (unpaired) electrons. The fourth-order valence-corrected chi connectivity index (χ4v) is 4.38. The Morgan fingerprint density at radius 1 is 1.12 bits per heavy atom. The van der Waals surface area contributed by atoms with E-state index in [4.69, 9.17) is 5.73 Å². The largest absolute Gasteiger partial charge is 0.368 e. The first kappa shape index (κ1) is 17.3. The zero-order valence-electron chi connectivity index (χ0n) is 15.7. The molecular formula is C21H29N5. The predicted molar refractivity (Wildman–Crippen MR) is 107 cm³/mol. The molecule has 1 unspecified atom stereocenters. The van der Waals surface area contributed by atoms with E-state index in [1.807, 2.05) is 0 Å². The molecule has 2 aromatic rings. The normalized spacial score (nSPS) is 20.1. The van der Waals surface area contributed by atoms with Gasteiger partial charge < -0.3 is 15.5 Å². The number of likely N-dealkylation sites (tertiary alicyclic amines) is 1. The molecule has 138 valence electrons. The van der Waals surface area contributed by atoms with Gasteiger partial charge in [0.05, 0.1) is 5.69 Å². The van der Waals surface area contributed by atoms with Crippen LogP contribution in [0, 0.1) is 0 Å². The second-order valence-electron chi connectivity index (χ2n) is 7.60. The Kier molecular flexibility index (Phi) is 5.07.